The fourth-order valence-electron chi connectivity index (χ4n) is 3.26. The lowest BCUT2D eigenvalue weighted by Gasteiger charge is -2.16. The van der Waals surface area contributed by atoms with Crippen LogP contribution in [0.1, 0.15) is 17.5 Å². The summed E-state index contributed by atoms with van der Waals surface area (Å²) in [5, 5.41) is 13.4. The number of aryl methyl sites for hydroxylation is 2. The molecule has 3 rings (SSSR count). The zero-order valence-electron chi connectivity index (χ0n) is 16.6. The van der Waals surface area contributed by atoms with Crippen molar-refractivity contribution in [2.75, 3.05) is 23.4 Å². The first-order chi connectivity index (χ1) is 14.2. The Kier molecular flexibility index (Phi) is 6.10. The third-order valence-corrected chi connectivity index (χ3v) is 4.83. The summed E-state index contributed by atoms with van der Waals surface area (Å²) in [6, 6.07) is 11.1. The zero-order chi connectivity index (χ0) is 21.8. The van der Waals surface area contributed by atoms with Crippen LogP contribution < -0.4 is 10.2 Å². The molecule has 0 unspecified atom stereocenters. The van der Waals surface area contributed by atoms with Crippen molar-refractivity contribution in [1.82, 2.24) is 0 Å². The molecule has 30 heavy (non-hydrogen) atoms. The molecule has 1 saturated heterocycles. The summed E-state index contributed by atoms with van der Waals surface area (Å²) in [6.07, 6.45) is -0.0471. The predicted molar refractivity (Wildman–Crippen MR) is 109 cm³/mol. The predicted octanol–water partition coefficient (Wildman–Crippen LogP) is 2.75. The zero-order valence-corrected chi connectivity index (χ0v) is 16.6. The molecule has 0 radical (unpaired) electrons. The SMILES string of the molecule is Cc1ccc(NC(=O)COC(=O)[C@@H]2CC(=O)N(c3ccc([N+](=O)[O-])cc3)C2)c(C)c1. The van der Waals surface area contributed by atoms with E-state index in [2.05, 4.69) is 5.32 Å². The lowest BCUT2D eigenvalue weighted by molar-refractivity contribution is -0.384. The van der Waals surface area contributed by atoms with Gasteiger partial charge in [0.05, 0.1) is 10.8 Å². The van der Waals surface area contributed by atoms with Crippen LogP contribution in [0.4, 0.5) is 17.1 Å². The first-order valence-electron chi connectivity index (χ1n) is 9.33. The molecule has 0 spiro atoms. The molecule has 9 nitrogen and oxygen atoms in total. The molecule has 1 aliphatic heterocycles. The molecular formula is C21H21N3O6. The van der Waals surface area contributed by atoms with E-state index in [-0.39, 0.29) is 24.6 Å². The maximum Gasteiger partial charge on any atom is 0.311 e. The molecule has 1 heterocycles. The highest BCUT2D eigenvalue weighted by Crippen LogP contribution is 2.27. The quantitative estimate of drug-likeness (QED) is 0.443. The van der Waals surface area contributed by atoms with Crippen LogP contribution in [0.2, 0.25) is 0 Å². The number of nitro benzene ring substituents is 1. The van der Waals surface area contributed by atoms with Crippen LogP contribution >= 0.6 is 0 Å². The van der Waals surface area contributed by atoms with E-state index < -0.39 is 29.3 Å². The Labute approximate surface area is 172 Å². The number of esters is 1. The second-order valence-electron chi connectivity index (χ2n) is 7.15. The van der Waals surface area contributed by atoms with Gasteiger partial charge >= 0.3 is 5.97 Å². The summed E-state index contributed by atoms with van der Waals surface area (Å²) in [5.41, 5.74) is 2.99. The molecule has 0 saturated carbocycles. The Morgan fingerprint density at radius 1 is 1.20 bits per heavy atom. The number of rotatable bonds is 6. The minimum Gasteiger partial charge on any atom is -0.455 e. The van der Waals surface area contributed by atoms with Gasteiger partial charge in [0.1, 0.15) is 0 Å². The first kappa shape index (κ1) is 21.0. The smallest absolute Gasteiger partial charge is 0.311 e. The summed E-state index contributed by atoms with van der Waals surface area (Å²) in [5.74, 6) is -2.09. The van der Waals surface area contributed by atoms with Gasteiger partial charge in [0.25, 0.3) is 11.6 Å². The van der Waals surface area contributed by atoms with E-state index in [1.165, 1.54) is 29.2 Å². The Morgan fingerprint density at radius 3 is 2.53 bits per heavy atom. The molecule has 0 aliphatic carbocycles. The summed E-state index contributed by atoms with van der Waals surface area (Å²) in [7, 11) is 0. The number of carbonyl (C=O) groups is 3. The second-order valence-corrected chi connectivity index (χ2v) is 7.15. The standard InChI is InChI=1S/C21H21N3O6/c1-13-3-8-18(14(2)9-13)22-19(25)12-30-21(27)15-10-20(26)23(11-15)16-4-6-17(7-5-16)24(28)29/h3-9,15H,10-12H2,1-2H3,(H,22,25)/t15-/m1/s1. The maximum absolute atomic E-state index is 12.3. The lowest BCUT2D eigenvalue weighted by atomic mass is 10.1. The van der Waals surface area contributed by atoms with Crippen LogP contribution in [-0.4, -0.2) is 35.9 Å². The normalized spacial score (nSPS) is 15.7. The van der Waals surface area contributed by atoms with Crippen LogP contribution in [0, 0.1) is 29.9 Å². The van der Waals surface area contributed by atoms with Crippen LogP contribution in [0.3, 0.4) is 0 Å². The monoisotopic (exact) mass is 411 g/mol. The molecule has 0 bridgehead atoms. The Bertz CT molecular complexity index is 1000. The molecule has 9 heteroatoms. The minimum absolute atomic E-state index is 0.0471. The number of non-ortho nitro benzene ring substituents is 1. The van der Waals surface area contributed by atoms with Crippen molar-refractivity contribution >= 4 is 34.8 Å². The van der Waals surface area contributed by atoms with Crippen molar-refractivity contribution in [3.8, 4) is 0 Å². The maximum atomic E-state index is 12.3. The average molecular weight is 411 g/mol. The van der Waals surface area contributed by atoms with Gasteiger partial charge in [-0.1, -0.05) is 17.7 Å². The van der Waals surface area contributed by atoms with Crippen molar-refractivity contribution in [2.45, 2.75) is 20.3 Å². The van der Waals surface area contributed by atoms with E-state index in [1.54, 1.807) is 6.07 Å². The summed E-state index contributed by atoms with van der Waals surface area (Å²) in [4.78, 5) is 48.2. The molecular weight excluding hydrogens is 390 g/mol. The van der Waals surface area contributed by atoms with Gasteiger partial charge in [-0.15, -0.1) is 0 Å². The number of benzene rings is 2. The third kappa shape index (κ3) is 4.80. The van der Waals surface area contributed by atoms with E-state index in [9.17, 15) is 24.5 Å². The highest BCUT2D eigenvalue weighted by atomic mass is 16.6. The van der Waals surface area contributed by atoms with Crippen molar-refractivity contribution in [3.63, 3.8) is 0 Å². The minimum atomic E-state index is -0.707. The van der Waals surface area contributed by atoms with Gasteiger partial charge in [-0.3, -0.25) is 24.5 Å². The van der Waals surface area contributed by atoms with E-state index in [0.717, 1.165) is 11.1 Å². The number of nitro groups is 1. The largest absolute Gasteiger partial charge is 0.455 e. The highest BCUT2D eigenvalue weighted by molar-refractivity contribution is 6.00. The number of anilines is 2. The van der Waals surface area contributed by atoms with Crippen LogP contribution in [0.25, 0.3) is 0 Å². The number of nitrogens with one attached hydrogen (secondary N) is 1. The van der Waals surface area contributed by atoms with E-state index >= 15 is 0 Å². The molecule has 2 aromatic rings. The number of amides is 2. The van der Waals surface area contributed by atoms with Gasteiger partial charge in [0.2, 0.25) is 5.91 Å². The molecule has 2 aromatic carbocycles. The van der Waals surface area contributed by atoms with Gasteiger partial charge in [-0.25, -0.2) is 0 Å². The van der Waals surface area contributed by atoms with Gasteiger partial charge in [-0.05, 0) is 37.6 Å². The number of nitrogens with zero attached hydrogens (tertiary/aromatic N) is 2. The van der Waals surface area contributed by atoms with Crippen molar-refractivity contribution in [2.24, 2.45) is 5.92 Å². The summed E-state index contributed by atoms with van der Waals surface area (Å²) < 4.78 is 5.09. The molecule has 1 aliphatic rings. The van der Waals surface area contributed by atoms with Crippen molar-refractivity contribution in [1.29, 1.82) is 0 Å². The summed E-state index contributed by atoms with van der Waals surface area (Å²) >= 11 is 0. The fourth-order valence-corrected chi connectivity index (χ4v) is 3.26. The Morgan fingerprint density at radius 2 is 1.90 bits per heavy atom. The fraction of sp³-hybridized carbons (Fsp3) is 0.286. The second kappa shape index (κ2) is 8.73. The van der Waals surface area contributed by atoms with Gasteiger partial charge in [0.15, 0.2) is 6.61 Å². The Hall–Kier alpha value is -3.75. The van der Waals surface area contributed by atoms with Gasteiger partial charge < -0.3 is 15.0 Å². The third-order valence-electron chi connectivity index (χ3n) is 4.83. The lowest BCUT2D eigenvalue weighted by Crippen LogP contribution is -2.28. The molecule has 1 atom stereocenters. The van der Waals surface area contributed by atoms with E-state index in [0.29, 0.717) is 11.4 Å². The topological polar surface area (TPSA) is 119 Å². The molecule has 0 aromatic heterocycles. The van der Waals surface area contributed by atoms with Gasteiger partial charge in [0, 0.05) is 36.5 Å². The van der Waals surface area contributed by atoms with Crippen molar-refractivity contribution in [3.05, 3.63) is 63.7 Å². The van der Waals surface area contributed by atoms with E-state index in [4.69, 9.17) is 4.74 Å². The van der Waals surface area contributed by atoms with Crippen LogP contribution in [0.15, 0.2) is 42.5 Å². The number of hydrogen-bond acceptors (Lipinski definition) is 6. The van der Waals surface area contributed by atoms with Crippen LogP contribution in [0.5, 0.6) is 0 Å². The van der Waals surface area contributed by atoms with Crippen molar-refractivity contribution < 1.29 is 24.0 Å². The number of carbonyl (C=O) groups excluding carboxylic acids is 3. The number of ether oxygens (including phenoxy) is 1. The molecule has 156 valence electrons. The molecule has 1 fully saturated rings. The highest BCUT2D eigenvalue weighted by Gasteiger charge is 2.36. The number of hydrogen-bond donors (Lipinski definition) is 1. The first-order valence-corrected chi connectivity index (χ1v) is 9.33. The molecule has 2 amide bonds. The average Bonchev–Trinajstić information content (AvgIpc) is 3.10. The van der Waals surface area contributed by atoms with E-state index in [1.807, 2.05) is 26.0 Å². The summed E-state index contributed by atoms with van der Waals surface area (Å²) in [6.45, 7) is 3.46. The van der Waals surface area contributed by atoms with Crippen LogP contribution in [-0.2, 0) is 19.1 Å². The Balaban J connectivity index is 1.54. The molecule has 1 N–H and O–H groups in total. The van der Waals surface area contributed by atoms with Gasteiger partial charge in [-0.2, -0.15) is 0 Å².